The smallest absolute Gasteiger partial charge is 0.465 e. The van der Waals surface area contributed by atoms with Crippen molar-refractivity contribution in [3.63, 3.8) is 0 Å². The van der Waals surface area contributed by atoms with Crippen molar-refractivity contribution < 1.29 is 36.7 Å². The zero-order chi connectivity index (χ0) is 18.3. The molecule has 0 aliphatic carbocycles. The van der Waals surface area contributed by atoms with Gasteiger partial charge in [0.25, 0.3) is 0 Å². The van der Waals surface area contributed by atoms with Gasteiger partial charge in [-0.15, -0.1) is 0 Å². The van der Waals surface area contributed by atoms with E-state index >= 15 is 0 Å². The van der Waals surface area contributed by atoms with Crippen LogP contribution in [-0.2, 0) is 14.0 Å². The van der Waals surface area contributed by atoms with Crippen LogP contribution >= 0.6 is 0 Å². The van der Waals surface area contributed by atoms with E-state index in [1.807, 2.05) is 0 Å². The molecule has 1 heterocycles. The summed E-state index contributed by atoms with van der Waals surface area (Å²) in [4.78, 5) is 11.8. The zero-order valence-corrected chi connectivity index (χ0v) is 14.0. The quantitative estimate of drug-likeness (QED) is 0.620. The average Bonchev–Trinajstić information content (AvgIpc) is 2.66. The number of hydrogen-bond donors (Lipinski definition) is 0. The summed E-state index contributed by atoms with van der Waals surface area (Å²) >= 11 is 0. The zero-order valence-electron chi connectivity index (χ0n) is 14.0. The molecule has 0 spiro atoms. The van der Waals surface area contributed by atoms with Gasteiger partial charge in [-0.05, 0) is 33.8 Å². The highest BCUT2D eigenvalue weighted by molar-refractivity contribution is 6.62. The van der Waals surface area contributed by atoms with Gasteiger partial charge in [0.05, 0.1) is 18.3 Å². The summed E-state index contributed by atoms with van der Waals surface area (Å²) < 4.78 is 59.4. The molecule has 1 fully saturated rings. The predicted molar refractivity (Wildman–Crippen MR) is 80.1 cm³/mol. The Kier molecular flexibility index (Phi) is 4.87. The predicted octanol–water partition coefficient (Wildman–Crippen LogP) is 2.51. The molecule has 0 radical (unpaired) electrons. The first kappa shape index (κ1) is 18.6. The first-order valence-electron chi connectivity index (χ1n) is 7.20. The van der Waals surface area contributed by atoms with Gasteiger partial charge in [0.2, 0.25) is 0 Å². The lowest BCUT2D eigenvalue weighted by Gasteiger charge is -2.32. The van der Waals surface area contributed by atoms with E-state index in [9.17, 15) is 18.0 Å². The Bertz CT molecular complexity index is 632. The van der Waals surface area contributed by atoms with Crippen molar-refractivity contribution in [3.8, 4) is 5.75 Å². The standard InChI is InChI=1S/C15H18BF3O5/c1-14(2)15(3,4)24-16(23-14)9-6-8(12(20)21-5)11(7-10(9)17)22-13(18)19/h6-7,13H,1-5H3. The monoisotopic (exact) mass is 346 g/mol. The number of esters is 1. The molecule has 0 saturated carbocycles. The molecule has 24 heavy (non-hydrogen) atoms. The SMILES string of the molecule is COC(=O)c1cc(B2OC(C)(C)C(C)(C)O2)c(F)cc1OC(F)F. The molecular weight excluding hydrogens is 328 g/mol. The van der Waals surface area contributed by atoms with Crippen LogP contribution in [0.15, 0.2) is 12.1 Å². The molecule has 0 amide bonds. The molecular formula is C15H18BF3O5. The van der Waals surface area contributed by atoms with E-state index < -0.39 is 42.5 Å². The minimum atomic E-state index is -3.21. The van der Waals surface area contributed by atoms with Crippen molar-refractivity contribution in [2.75, 3.05) is 7.11 Å². The van der Waals surface area contributed by atoms with Crippen LogP contribution in [0.5, 0.6) is 5.75 Å². The van der Waals surface area contributed by atoms with E-state index in [1.54, 1.807) is 27.7 Å². The van der Waals surface area contributed by atoms with Crippen LogP contribution in [0.1, 0.15) is 38.1 Å². The molecule has 2 rings (SSSR count). The molecule has 1 aliphatic rings. The lowest BCUT2D eigenvalue weighted by atomic mass is 9.77. The van der Waals surface area contributed by atoms with Crippen LogP contribution in [0.4, 0.5) is 13.2 Å². The number of ether oxygens (including phenoxy) is 2. The summed E-state index contributed by atoms with van der Waals surface area (Å²) in [7, 11) is -0.0224. The molecule has 1 aromatic carbocycles. The molecule has 0 N–H and O–H groups in total. The van der Waals surface area contributed by atoms with Gasteiger partial charge in [0.15, 0.2) is 0 Å². The van der Waals surface area contributed by atoms with Crippen LogP contribution in [0.3, 0.4) is 0 Å². The summed E-state index contributed by atoms with van der Waals surface area (Å²) in [6.45, 7) is 3.90. The number of alkyl halides is 2. The number of benzene rings is 1. The third kappa shape index (κ3) is 3.37. The van der Waals surface area contributed by atoms with Gasteiger partial charge in [-0.25, -0.2) is 9.18 Å². The van der Waals surface area contributed by atoms with Crippen LogP contribution in [-0.4, -0.2) is 38.0 Å². The molecule has 1 aromatic rings. The van der Waals surface area contributed by atoms with Crippen LogP contribution in [0.25, 0.3) is 0 Å². The summed E-state index contributed by atoms with van der Waals surface area (Å²) in [5, 5.41) is 0. The van der Waals surface area contributed by atoms with Crippen molar-refractivity contribution in [1.29, 1.82) is 0 Å². The van der Waals surface area contributed by atoms with Gasteiger partial charge >= 0.3 is 19.7 Å². The van der Waals surface area contributed by atoms with Crippen LogP contribution in [0.2, 0.25) is 0 Å². The van der Waals surface area contributed by atoms with E-state index in [4.69, 9.17) is 9.31 Å². The second-order valence-electron chi connectivity index (χ2n) is 6.33. The van der Waals surface area contributed by atoms with Gasteiger partial charge in [0.1, 0.15) is 17.1 Å². The van der Waals surface area contributed by atoms with Crippen molar-refractivity contribution >= 4 is 18.6 Å². The van der Waals surface area contributed by atoms with Crippen molar-refractivity contribution in [3.05, 3.63) is 23.5 Å². The summed E-state index contributed by atoms with van der Waals surface area (Å²) in [6.07, 6.45) is 0. The van der Waals surface area contributed by atoms with E-state index in [-0.39, 0.29) is 11.0 Å². The highest BCUT2D eigenvalue weighted by Crippen LogP contribution is 2.37. The molecule has 0 bridgehead atoms. The molecule has 1 saturated heterocycles. The fourth-order valence-electron chi connectivity index (χ4n) is 2.19. The molecule has 132 valence electrons. The number of hydrogen-bond acceptors (Lipinski definition) is 5. The maximum Gasteiger partial charge on any atom is 0.497 e. The highest BCUT2D eigenvalue weighted by atomic mass is 19.3. The Labute approximate surface area is 138 Å². The number of halogens is 3. The van der Waals surface area contributed by atoms with Crippen LogP contribution in [0, 0.1) is 5.82 Å². The van der Waals surface area contributed by atoms with E-state index in [0.717, 1.165) is 13.2 Å². The van der Waals surface area contributed by atoms with E-state index in [2.05, 4.69) is 9.47 Å². The minimum absolute atomic E-state index is 0.101. The normalized spacial score (nSPS) is 18.8. The summed E-state index contributed by atoms with van der Waals surface area (Å²) in [5.74, 6) is -2.45. The minimum Gasteiger partial charge on any atom is -0.465 e. The third-order valence-electron chi connectivity index (χ3n) is 4.23. The fraction of sp³-hybridized carbons (Fsp3) is 0.533. The third-order valence-corrected chi connectivity index (χ3v) is 4.23. The second-order valence-corrected chi connectivity index (χ2v) is 6.33. The van der Waals surface area contributed by atoms with Crippen LogP contribution < -0.4 is 10.2 Å². The molecule has 0 atom stereocenters. The van der Waals surface area contributed by atoms with Gasteiger partial charge in [0, 0.05) is 11.5 Å². The molecule has 9 heteroatoms. The Hall–Kier alpha value is -1.74. The summed E-state index contributed by atoms with van der Waals surface area (Å²) in [6, 6.07) is 1.74. The van der Waals surface area contributed by atoms with Gasteiger partial charge in [-0.2, -0.15) is 8.78 Å². The Balaban J connectivity index is 2.47. The molecule has 0 aromatic heterocycles. The first-order chi connectivity index (χ1) is 11.0. The largest absolute Gasteiger partial charge is 0.497 e. The van der Waals surface area contributed by atoms with Gasteiger partial charge in [-0.3, -0.25) is 0 Å². The Morgan fingerprint density at radius 3 is 2.17 bits per heavy atom. The number of carbonyl (C=O) groups excluding carboxylic acids is 1. The van der Waals surface area contributed by atoms with Crippen molar-refractivity contribution in [2.45, 2.75) is 45.5 Å². The highest BCUT2D eigenvalue weighted by Gasteiger charge is 2.52. The topological polar surface area (TPSA) is 54.0 Å². The maximum absolute atomic E-state index is 14.4. The lowest BCUT2D eigenvalue weighted by molar-refractivity contribution is -0.0505. The number of methoxy groups -OCH3 is 1. The Morgan fingerprint density at radius 1 is 1.17 bits per heavy atom. The van der Waals surface area contributed by atoms with E-state index in [0.29, 0.717) is 6.07 Å². The Morgan fingerprint density at radius 2 is 1.71 bits per heavy atom. The van der Waals surface area contributed by atoms with Crippen molar-refractivity contribution in [2.24, 2.45) is 0 Å². The first-order valence-corrected chi connectivity index (χ1v) is 7.20. The molecule has 0 unspecified atom stereocenters. The maximum atomic E-state index is 14.4. The summed E-state index contributed by atoms with van der Waals surface area (Å²) in [5.41, 5.74) is -1.90. The van der Waals surface area contributed by atoms with Crippen molar-refractivity contribution in [1.82, 2.24) is 0 Å². The van der Waals surface area contributed by atoms with Gasteiger partial charge in [-0.1, -0.05) is 0 Å². The van der Waals surface area contributed by atoms with Gasteiger partial charge < -0.3 is 18.8 Å². The number of rotatable bonds is 4. The number of carbonyl (C=O) groups is 1. The fourth-order valence-corrected chi connectivity index (χ4v) is 2.19. The lowest BCUT2D eigenvalue weighted by Crippen LogP contribution is -2.41. The second kappa shape index (κ2) is 6.29. The average molecular weight is 346 g/mol. The van der Waals surface area contributed by atoms with E-state index in [1.165, 1.54) is 0 Å². The molecule has 5 nitrogen and oxygen atoms in total. The molecule has 1 aliphatic heterocycles.